The Morgan fingerprint density at radius 1 is 1.36 bits per heavy atom. The van der Waals surface area contributed by atoms with Crippen LogP contribution < -0.4 is 5.32 Å². The first kappa shape index (κ1) is 13.8. The number of rotatable bonds is 8. The van der Waals surface area contributed by atoms with Crippen molar-refractivity contribution in [2.45, 2.75) is 57.7 Å². The van der Waals surface area contributed by atoms with E-state index in [1.807, 2.05) is 0 Å². The highest BCUT2D eigenvalue weighted by Crippen LogP contribution is 2.05. The third kappa shape index (κ3) is 8.36. The Morgan fingerprint density at radius 3 is 2.64 bits per heavy atom. The molecule has 0 radical (unpaired) electrons. The van der Waals surface area contributed by atoms with Crippen LogP contribution in [0.1, 0.15) is 52.4 Å². The van der Waals surface area contributed by atoms with Gasteiger partial charge in [-0.2, -0.15) is 0 Å². The average Bonchev–Trinajstić information content (AvgIpc) is 2.18. The van der Waals surface area contributed by atoms with Crippen LogP contribution in [-0.4, -0.2) is 17.8 Å². The summed E-state index contributed by atoms with van der Waals surface area (Å²) >= 11 is 5.92. The van der Waals surface area contributed by atoms with Crippen molar-refractivity contribution in [3.8, 4) is 0 Å². The van der Waals surface area contributed by atoms with Gasteiger partial charge in [0.05, 0.1) is 0 Å². The molecule has 1 unspecified atom stereocenters. The Hall–Kier alpha value is -0.240. The topological polar surface area (TPSA) is 29.1 Å². The van der Waals surface area contributed by atoms with E-state index in [9.17, 15) is 4.79 Å². The summed E-state index contributed by atoms with van der Waals surface area (Å²) in [4.78, 5) is 11.2. The summed E-state index contributed by atoms with van der Waals surface area (Å²) in [6, 6.07) is 0. The molecular weight excluding hydrogens is 198 g/mol. The van der Waals surface area contributed by atoms with Crippen LogP contribution in [0.2, 0.25) is 0 Å². The maximum Gasteiger partial charge on any atom is 0.219 e. The van der Waals surface area contributed by atoms with E-state index in [4.69, 9.17) is 11.6 Å². The molecule has 0 spiro atoms. The number of carbonyl (C=O) groups excluding carboxylic acids is 1. The molecule has 1 amide bonds. The van der Waals surface area contributed by atoms with Gasteiger partial charge in [-0.05, 0) is 19.3 Å². The van der Waals surface area contributed by atoms with Crippen molar-refractivity contribution >= 4 is 17.5 Å². The van der Waals surface area contributed by atoms with Crippen molar-refractivity contribution in [1.82, 2.24) is 5.32 Å². The third-order valence-corrected chi connectivity index (χ3v) is 2.76. The first-order valence-corrected chi connectivity index (χ1v) is 6.05. The Balaban J connectivity index is 3.26. The van der Waals surface area contributed by atoms with Crippen LogP contribution in [0.5, 0.6) is 0 Å². The van der Waals surface area contributed by atoms with Gasteiger partial charge in [-0.1, -0.05) is 26.7 Å². The fourth-order valence-electron chi connectivity index (χ4n) is 1.20. The lowest BCUT2D eigenvalue weighted by atomic mass is 10.2. The molecule has 3 heteroatoms. The number of hydrogen-bond donors (Lipinski definition) is 1. The molecule has 0 rings (SSSR count). The minimum atomic E-state index is 0.165. The number of carbonyl (C=O) groups is 1. The van der Waals surface area contributed by atoms with E-state index < -0.39 is 0 Å². The van der Waals surface area contributed by atoms with Crippen molar-refractivity contribution < 1.29 is 4.79 Å². The molecule has 0 aromatic heterocycles. The monoisotopic (exact) mass is 219 g/mol. The molecule has 0 aliphatic rings. The van der Waals surface area contributed by atoms with E-state index in [-0.39, 0.29) is 11.3 Å². The van der Waals surface area contributed by atoms with Crippen LogP contribution >= 0.6 is 11.6 Å². The molecule has 0 bridgehead atoms. The van der Waals surface area contributed by atoms with Crippen LogP contribution in [0.15, 0.2) is 0 Å². The summed E-state index contributed by atoms with van der Waals surface area (Å²) in [7, 11) is 0. The molecule has 0 aromatic carbocycles. The Bertz CT molecular complexity index is 150. The molecule has 84 valence electrons. The zero-order valence-corrected chi connectivity index (χ0v) is 10.1. The minimum Gasteiger partial charge on any atom is -0.356 e. The largest absolute Gasteiger partial charge is 0.356 e. The molecule has 0 saturated carbocycles. The molecule has 2 nitrogen and oxygen atoms in total. The van der Waals surface area contributed by atoms with Crippen molar-refractivity contribution in [2.75, 3.05) is 6.54 Å². The summed E-state index contributed by atoms with van der Waals surface area (Å²) in [5.41, 5.74) is 0. The number of nitrogens with one attached hydrogen (secondary N) is 1. The third-order valence-electron chi connectivity index (χ3n) is 2.23. The maximum absolute atomic E-state index is 11.2. The Kier molecular flexibility index (Phi) is 9.16. The number of hydrogen-bond acceptors (Lipinski definition) is 1. The van der Waals surface area contributed by atoms with Crippen molar-refractivity contribution in [3.63, 3.8) is 0 Å². The second-order valence-corrected chi connectivity index (χ2v) is 4.22. The van der Waals surface area contributed by atoms with Gasteiger partial charge in [0.2, 0.25) is 5.91 Å². The predicted octanol–water partition coefficient (Wildman–Crippen LogP) is 3.09. The highest BCUT2D eigenvalue weighted by Gasteiger charge is 2.03. The molecule has 0 fully saturated rings. The van der Waals surface area contributed by atoms with Crippen molar-refractivity contribution in [2.24, 2.45) is 0 Å². The van der Waals surface area contributed by atoms with E-state index >= 15 is 0 Å². The van der Waals surface area contributed by atoms with Gasteiger partial charge in [0, 0.05) is 18.3 Å². The van der Waals surface area contributed by atoms with E-state index in [0.29, 0.717) is 13.0 Å². The highest BCUT2D eigenvalue weighted by molar-refractivity contribution is 6.20. The second-order valence-electron chi connectivity index (χ2n) is 3.60. The summed E-state index contributed by atoms with van der Waals surface area (Å²) < 4.78 is 0. The molecule has 0 aliphatic carbocycles. The average molecular weight is 220 g/mol. The van der Waals surface area contributed by atoms with Gasteiger partial charge in [0.1, 0.15) is 0 Å². The van der Waals surface area contributed by atoms with Gasteiger partial charge in [-0.15, -0.1) is 11.6 Å². The summed E-state index contributed by atoms with van der Waals surface area (Å²) in [6.45, 7) is 4.91. The zero-order valence-electron chi connectivity index (χ0n) is 9.31. The normalized spacial score (nSPS) is 12.5. The quantitative estimate of drug-likeness (QED) is 0.493. The van der Waals surface area contributed by atoms with Crippen molar-refractivity contribution in [3.05, 3.63) is 0 Å². The van der Waals surface area contributed by atoms with Crippen LogP contribution in [-0.2, 0) is 4.79 Å². The van der Waals surface area contributed by atoms with Crippen LogP contribution in [0, 0.1) is 0 Å². The molecule has 0 aliphatic heterocycles. The lowest BCUT2D eigenvalue weighted by Gasteiger charge is -2.07. The van der Waals surface area contributed by atoms with Crippen LogP contribution in [0.4, 0.5) is 0 Å². The molecule has 1 atom stereocenters. The fraction of sp³-hybridized carbons (Fsp3) is 0.909. The lowest BCUT2D eigenvalue weighted by molar-refractivity contribution is -0.121. The number of halogens is 1. The molecule has 0 saturated heterocycles. The lowest BCUT2D eigenvalue weighted by Crippen LogP contribution is -2.25. The Morgan fingerprint density at radius 2 is 2.07 bits per heavy atom. The molecule has 0 aromatic rings. The zero-order chi connectivity index (χ0) is 10.8. The van der Waals surface area contributed by atoms with E-state index in [1.54, 1.807) is 0 Å². The fourth-order valence-corrected chi connectivity index (χ4v) is 1.31. The molecular formula is C11H22ClNO. The van der Waals surface area contributed by atoms with Gasteiger partial charge in [-0.25, -0.2) is 0 Å². The predicted molar refractivity (Wildman–Crippen MR) is 61.7 cm³/mol. The van der Waals surface area contributed by atoms with Gasteiger partial charge >= 0.3 is 0 Å². The second kappa shape index (κ2) is 9.32. The van der Waals surface area contributed by atoms with E-state index in [1.165, 1.54) is 0 Å². The SMILES string of the molecule is CCCCCC(=O)NCCC(Cl)CC. The number of unbranched alkanes of at least 4 members (excludes halogenated alkanes) is 2. The summed E-state index contributed by atoms with van der Waals surface area (Å²) in [6.07, 6.45) is 5.80. The first-order chi connectivity index (χ1) is 6.70. The van der Waals surface area contributed by atoms with Crippen LogP contribution in [0.25, 0.3) is 0 Å². The number of alkyl halides is 1. The maximum atomic E-state index is 11.2. The van der Waals surface area contributed by atoms with Crippen LogP contribution in [0.3, 0.4) is 0 Å². The molecule has 1 N–H and O–H groups in total. The van der Waals surface area contributed by atoms with E-state index in [2.05, 4.69) is 19.2 Å². The summed E-state index contributed by atoms with van der Waals surface area (Å²) in [5.74, 6) is 0.165. The summed E-state index contributed by atoms with van der Waals surface area (Å²) in [5, 5.41) is 3.08. The van der Waals surface area contributed by atoms with E-state index in [0.717, 1.165) is 32.1 Å². The highest BCUT2D eigenvalue weighted by atomic mass is 35.5. The standard InChI is InChI=1S/C11H22ClNO/c1-3-5-6-7-11(14)13-9-8-10(12)4-2/h10H,3-9H2,1-2H3,(H,13,14). The minimum absolute atomic E-state index is 0.165. The van der Waals surface area contributed by atoms with Gasteiger partial charge in [0.25, 0.3) is 0 Å². The molecule has 14 heavy (non-hydrogen) atoms. The smallest absolute Gasteiger partial charge is 0.219 e. The first-order valence-electron chi connectivity index (χ1n) is 5.61. The van der Waals surface area contributed by atoms with Gasteiger partial charge in [-0.3, -0.25) is 4.79 Å². The van der Waals surface area contributed by atoms with Gasteiger partial charge in [0.15, 0.2) is 0 Å². The Labute approximate surface area is 92.4 Å². The number of amides is 1. The molecule has 0 heterocycles. The van der Waals surface area contributed by atoms with Gasteiger partial charge < -0.3 is 5.32 Å². The van der Waals surface area contributed by atoms with Crippen molar-refractivity contribution in [1.29, 1.82) is 0 Å².